The van der Waals surface area contributed by atoms with Crippen LogP contribution in [0.25, 0.3) is 0 Å². The maximum absolute atomic E-state index is 14.1. The number of hydrogen-bond donors (Lipinski definition) is 1. The third-order valence-electron chi connectivity index (χ3n) is 6.63. The number of nitrogens with one attached hydrogen (secondary N) is 1. The highest BCUT2D eigenvalue weighted by molar-refractivity contribution is 7.92. The number of methoxy groups -OCH3 is 1. The summed E-state index contributed by atoms with van der Waals surface area (Å²) in [6.07, 6.45) is 0.348. The topological polar surface area (TPSA) is 105 Å². The van der Waals surface area contributed by atoms with Crippen LogP contribution in [0.1, 0.15) is 39.7 Å². The Hall–Kier alpha value is -4.05. The lowest BCUT2D eigenvalue weighted by Gasteiger charge is -2.33. The summed E-state index contributed by atoms with van der Waals surface area (Å²) in [5.41, 5.74) is 1.08. The van der Waals surface area contributed by atoms with Crippen molar-refractivity contribution < 1.29 is 27.5 Å². The third-order valence-corrected chi connectivity index (χ3v) is 8.42. The van der Waals surface area contributed by atoms with Crippen LogP contribution in [0.5, 0.6) is 11.5 Å². The number of carbonyl (C=O) groups excluding carboxylic acids is 2. The minimum Gasteiger partial charge on any atom is -0.497 e. The fraction of sp³-hybridized carbons (Fsp3) is 0.375. The van der Waals surface area contributed by atoms with Crippen molar-refractivity contribution >= 4 is 27.5 Å². The number of rotatable bonds is 15. The molecule has 226 valence electrons. The summed E-state index contributed by atoms with van der Waals surface area (Å²) in [5.74, 6) is 0.674. The van der Waals surface area contributed by atoms with Gasteiger partial charge in [0.15, 0.2) is 0 Å². The first kappa shape index (κ1) is 32.5. The standard InChI is InChI=1S/C32H41N3O6S/c1-6-30(32(37)33-21-24(3)4)34(22-25-13-17-27(40-5)18-14-25)31(36)23-35(26-15-19-28(20-16-26)41-7-2)42(38,39)29-11-9-8-10-12-29/h8-20,24,30H,6-7,21-23H2,1-5H3,(H,33,37)/t30-/m0/s1. The van der Waals surface area contributed by atoms with Crippen LogP contribution in [0.15, 0.2) is 83.8 Å². The van der Waals surface area contributed by atoms with Gasteiger partial charge in [-0.05, 0) is 73.4 Å². The van der Waals surface area contributed by atoms with Crippen molar-refractivity contribution in [1.29, 1.82) is 0 Å². The van der Waals surface area contributed by atoms with Gasteiger partial charge in [-0.25, -0.2) is 8.42 Å². The van der Waals surface area contributed by atoms with E-state index < -0.39 is 28.5 Å². The molecule has 0 heterocycles. The van der Waals surface area contributed by atoms with Crippen LogP contribution in [-0.4, -0.2) is 58.0 Å². The number of hydrogen-bond acceptors (Lipinski definition) is 6. The van der Waals surface area contributed by atoms with Crippen molar-refractivity contribution in [3.05, 3.63) is 84.4 Å². The van der Waals surface area contributed by atoms with Gasteiger partial charge < -0.3 is 19.7 Å². The van der Waals surface area contributed by atoms with Gasteiger partial charge in [-0.2, -0.15) is 0 Å². The predicted molar refractivity (Wildman–Crippen MR) is 164 cm³/mol. The lowest BCUT2D eigenvalue weighted by molar-refractivity contribution is -0.140. The second-order valence-electron chi connectivity index (χ2n) is 10.2. The van der Waals surface area contributed by atoms with Crippen molar-refractivity contribution in [1.82, 2.24) is 10.2 Å². The molecule has 0 bridgehead atoms. The monoisotopic (exact) mass is 595 g/mol. The van der Waals surface area contributed by atoms with Gasteiger partial charge in [0.05, 0.1) is 24.3 Å². The molecule has 0 unspecified atom stereocenters. The lowest BCUT2D eigenvalue weighted by Crippen LogP contribution is -2.52. The van der Waals surface area contributed by atoms with Crippen LogP contribution in [0.3, 0.4) is 0 Å². The minimum absolute atomic E-state index is 0.0510. The molecule has 0 saturated heterocycles. The number of amides is 2. The Morgan fingerprint density at radius 1 is 0.881 bits per heavy atom. The van der Waals surface area contributed by atoms with E-state index in [1.165, 1.54) is 17.0 Å². The van der Waals surface area contributed by atoms with Gasteiger partial charge in [-0.15, -0.1) is 0 Å². The summed E-state index contributed by atoms with van der Waals surface area (Å²) in [6, 6.07) is 20.9. The van der Waals surface area contributed by atoms with Crippen LogP contribution >= 0.6 is 0 Å². The zero-order valence-electron chi connectivity index (χ0n) is 24.9. The Kier molecular flexibility index (Phi) is 11.8. The van der Waals surface area contributed by atoms with Gasteiger partial charge >= 0.3 is 0 Å². The second kappa shape index (κ2) is 15.3. The molecule has 3 aromatic carbocycles. The molecule has 0 spiro atoms. The molecule has 1 N–H and O–H groups in total. The Bertz CT molecular complexity index is 1390. The first-order chi connectivity index (χ1) is 20.1. The quantitative estimate of drug-likeness (QED) is 0.269. The van der Waals surface area contributed by atoms with Gasteiger partial charge in [0.1, 0.15) is 24.1 Å². The maximum Gasteiger partial charge on any atom is 0.264 e. The van der Waals surface area contributed by atoms with Crippen LogP contribution in [0.2, 0.25) is 0 Å². The number of carbonyl (C=O) groups is 2. The molecule has 2 amide bonds. The van der Waals surface area contributed by atoms with E-state index in [1.807, 2.05) is 39.8 Å². The zero-order chi connectivity index (χ0) is 30.7. The van der Waals surface area contributed by atoms with E-state index >= 15 is 0 Å². The lowest BCUT2D eigenvalue weighted by atomic mass is 10.1. The van der Waals surface area contributed by atoms with Crippen LogP contribution in [-0.2, 0) is 26.2 Å². The van der Waals surface area contributed by atoms with Crippen LogP contribution in [0, 0.1) is 5.92 Å². The van der Waals surface area contributed by atoms with Crippen molar-refractivity contribution in [3.63, 3.8) is 0 Å². The van der Waals surface area contributed by atoms with Gasteiger partial charge in [-0.1, -0.05) is 51.1 Å². The molecule has 0 aliphatic heterocycles. The smallest absolute Gasteiger partial charge is 0.264 e. The molecule has 0 saturated carbocycles. The van der Waals surface area contributed by atoms with Crippen molar-refractivity contribution in [3.8, 4) is 11.5 Å². The average Bonchev–Trinajstić information content (AvgIpc) is 3.00. The summed E-state index contributed by atoms with van der Waals surface area (Å²) in [5, 5.41) is 2.93. The van der Waals surface area contributed by atoms with Crippen LogP contribution in [0.4, 0.5) is 5.69 Å². The highest BCUT2D eigenvalue weighted by Crippen LogP contribution is 2.27. The van der Waals surface area contributed by atoms with Gasteiger partial charge in [0.2, 0.25) is 11.8 Å². The molecule has 0 aromatic heterocycles. The summed E-state index contributed by atoms with van der Waals surface area (Å²) in [7, 11) is -2.57. The summed E-state index contributed by atoms with van der Waals surface area (Å²) in [6.45, 7) is 8.20. The Morgan fingerprint density at radius 2 is 1.50 bits per heavy atom. The maximum atomic E-state index is 14.1. The molecule has 1 atom stereocenters. The molecular weight excluding hydrogens is 554 g/mol. The first-order valence-corrected chi connectivity index (χ1v) is 15.5. The predicted octanol–water partition coefficient (Wildman–Crippen LogP) is 4.87. The number of ether oxygens (including phenoxy) is 2. The molecule has 0 fully saturated rings. The summed E-state index contributed by atoms with van der Waals surface area (Å²) in [4.78, 5) is 29.0. The molecule has 3 rings (SSSR count). The second-order valence-corrected chi connectivity index (χ2v) is 12.0. The zero-order valence-corrected chi connectivity index (χ0v) is 25.8. The molecule has 0 aliphatic carbocycles. The van der Waals surface area contributed by atoms with Crippen molar-refractivity contribution in [2.24, 2.45) is 5.92 Å². The first-order valence-electron chi connectivity index (χ1n) is 14.1. The summed E-state index contributed by atoms with van der Waals surface area (Å²) < 4.78 is 39.7. The normalized spacial score (nSPS) is 12.0. The van der Waals surface area contributed by atoms with E-state index in [9.17, 15) is 18.0 Å². The number of sulfonamides is 1. The molecule has 3 aromatic rings. The van der Waals surface area contributed by atoms with Gasteiger partial charge in [-0.3, -0.25) is 13.9 Å². The van der Waals surface area contributed by atoms with E-state index in [0.717, 1.165) is 9.87 Å². The third kappa shape index (κ3) is 8.48. The molecule has 0 radical (unpaired) electrons. The van der Waals surface area contributed by atoms with E-state index in [4.69, 9.17) is 9.47 Å². The molecule has 10 heteroatoms. The average molecular weight is 596 g/mol. The minimum atomic E-state index is -4.14. The van der Waals surface area contributed by atoms with Crippen molar-refractivity contribution in [2.75, 3.05) is 31.1 Å². The molecule has 42 heavy (non-hydrogen) atoms. The Morgan fingerprint density at radius 3 is 2.05 bits per heavy atom. The SMILES string of the molecule is CCOc1ccc(N(CC(=O)N(Cc2ccc(OC)cc2)[C@@H](CC)C(=O)NCC(C)C)S(=O)(=O)c2ccccc2)cc1. The van der Waals surface area contributed by atoms with Gasteiger partial charge in [0.25, 0.3) is 10.0 Å². The number of benzene rings is 3. The number of nitrogens with zero attached hydrogens (tertiary/aromatic N) is 2. The largest absolute Gasteiger partial charge is 0.497 e. The highest BCUT2D eigenvalue weighted by atomic mass is 32.2. The Labute approximate surface area is 249 Å². The van der Waals surface area contributed by atoms with E-state index in [2.05, 4.69) is 5.32 Å². The van der Waals surface area contributed by atoms with Crippen LogP contribution < -0.4 is 19.1 Å². The molecule has 9 nitrogen and oxygen atoms in total. The van der Waals surface area contributed by atoms with E-state index in [-0.39, 0.29) is 23.3 Å². The van der Waals surface area contributed by atoms with E-state index in [0.29, 0.717) is 36.8 Å². The van der Waals surface area contributed by atoms with E-state index in [1.54, 1.807) is 61.7 Å². The number of anilines is 1. The fourth-order valence-electron chi connectivity index (χ4n) is 4.39. The highest BCUT2D eigenvalue weighted by Gasteiger charge is 2.33. The summed E-state index contributed by atoms with van der Waals surface area (Å²) >= 11 is 0. The van der Waals surface area contributed by atoms with Gasteiger partial charge in [0, 0.05) is 13.1 Å². The van der Waals surface area contributed by atoms with Crippen molar-refractivity contribution in [2.45, 2.75) is 51.6 Å². The molecule has 0 aliphatic rings. The molecular formula is C32H41N3O6S. The Balaban J connectivity index is 2.03. The fourth-order valence-corrected chi connectivity index (χ4v) is 5.83.